The summed E-state index contributed by atoms with van der Waals surface area (Å²) in [5.74, 6) is 0.762. The van der Waals surface area contributed by atoms with E-state index in [4.69, 9.17) is 4.74 Å². The van der Waals surface area contributed by atoms with Gasteiger partial charge in [-0.15, -0.1) is 0 Å². The molecule has 4 heterocycles. The molecule has 0 saturated carbocycles. The van der Waals surface area contributed by atoms with E-state index >= 15 is 0 Å². The second-order valence-electron chi connectivity index (χ2n) is 13.1. The minimum absolute atomic E-state index is 0.00726. The molecule has 4 aromatic heterocycles. The molecule has 0 bridgehead atoms. The van der Waals surface area contributed by atoms with Crippen molar-refractivity contribution >= 4 is 66.0 Å². The molecule has 0 aliphatic carbocycles. The minimum Gasteiger partial charge on any atom is -0.508 e. The van der Waals surface area contributed by atoms with Gasteiger partial charge in [0, 0.05) is 37.6 Å². The summed E-state index contributed by atoms with van der Waals surface area (Å²) < 4.78 is 9.24. The largest absolute Gasteiger partial charge is 0.508 e. The molecule has 53 heavy (non-hydrogen) atoms. The van der Waals surface area contributed by atoms with E-state index in [2.05, 4.69) is 58.1 Å². The highest BCUT2D eigenvalue weighted by Crippen LogP contribution is 2.31. The van der Waals surface area contributed by atoms with Crippen molar-refractivity contribution in [2.45, 2.75) is 27.7 Å². The van der Waals surface area contributed by atoms with E-state index in [9.17, 15) is 14.7 Å². The smallest absolute Gasteiger partial charge is 0.199 e. The molecule has 8 rings (SSSR count). The third-order valence-electron chi connectivity index (χ3n) is 10.3. The molecule has 12 nitrogen and oxygen atoms in total. The number of rotatable bonds is 13. The van der Waals surface area contributed by atoms with Crippen LogP contribution in [0.1, 0.15) is 27.7 Å². The number of benzene rings is 4. The number of nitrogens with one attached hydrogen (secondary N) is 2. The first-order chi connectivity index (χ1) is 25.8. The van der Waals surface area contributed by atoms with Crippen LogP contribution in [-0.2, 0) is 0 Å². The first-order valence-corrected chi connectivity index (χ1v) is 18.3. The van der Waals surface area contributed by atoms with Crippen molar-refractivity contribution in [1.29, 1.82) is 0 Å². The molecule has 0 radical (unpaired) electrons. The fourth-order valence-electron chi connectivity index (χ4n) is 7.33. The number of methoxy groups -OCH3 is 1. The Kier molecular flexibility index (Phi) is 10.2. The van der Waals surface area contributed by atoms with E-state index < -0.39 is 0 Å². The van der Waals surface area contributed by atoms with Crippen molar-refractivity contribution in [2.24, 2.45) is 0 Å². The SMILES string of the molecule is CCN(CC)CCNc1ccc2ncn3c4ccc(O)cc4c(=O)c1c23.CCN(CC)CCNc1ccc2ncn3c4ccc(OC)cc4c(=O)c1c23. The topological polar surface area (TPSA) is 129 Å². The van der Waals surface area contributed by atoms with Crippen LogP contribution in [0.3, 0.4) is 0 Å². The quantitative estimate of drug-likeness (QED) is 0.121. The van der Waals surface area contributed by atoms with Crippen LogP contribution in [0.15, 0.2) is 82.9 Å². The van der Waals surface area contributed by atoms with Gasteiger partial charge in [0.15, 0.2) is 10.9 Å². The van der Waals surface area contributed by atoms with Crippen molar-refractivity contribution in [1.82, 2.24) is 28.6 Å². The summed E-state index contributed by atoms with van der Waals surface area (Å²) in [5.41, 5.74) is 6.49. The zero-order valence-corrected chi connectivity index (χ0v) is 30.9. The number of aromatic nitrogens is 4. The maximum absolute atomic E-state index is 13.3. The molecule has 0 aliphatic rings. The Morgan fingerprint density at radius 1 is 0.660 bits per heavy atom. The average molecular weight is 715 g/mol. The van der Waals surface area contributed by atoms with E-state index in [0.717, 1.165) is 96.8 Å². The predicted molar refractivity (Wildman–Crippen MR) is 216 cm³/mol. The molecule has 0 unspecified atom stereocenters. The lowest BCUT2D eigenvalue weighted by Gasteiger charge is -2.19. The fourth-order valence-corrected chi connectivity index (χ4v) is 7.33. The van der Waals surface area contributed by atoms with E-state index in [1.165, 1.54) is 6.07 Å². The number of hydrogen-bond donors (Lipinski definition) is 3. The molecule has 4 aromatic carbocycles. The van der Waals surface area contributed by atoms with Crippen molar-refractivity contribution in [2.75, 3.05) is 70.1 Å². The van der Waals surface area contributed by atoms with Crippen molar-refractivity contribution in [3.8, 4) is 11.5 Å². The summed E-state index contributed by atoms with van der Waals surface area (Å²) in [6.45, 7) is 16.0. The zero-order valence-electron chi connectivity index (χ0n) is 30.9. The van der Waals surface area contributed by atoms with Crippen LogP contribution < -0.4 is 26.2 Å². The Morgan fingerprint density at radius 3 is 1.60 bits per heavy atom. The molecule has 3 N–H and O–H groups in total. The Hall–Kier alpha value is -5.72. The second-order valence-corrected chi connectivity index (χ2v) is 13.1. The number of pyridine rings is 2. The average Bonchev–Trinajstić information content (AvgIpc) is 3.82. The van der Waals surface area contributed by atoms with Gasteiger partial charge < -0.3 is 30.3 Å². The van der Waals surface area contributed by atoms with Crippen LogP contribution in [0, 0.1) is 0 Å². The minimum atomic E-state index is -0.0835. The molecule has 8 aromatic rings. The van der Waals surface area contributed by atoms with Crippen LogP contribution in [0.4, 0.5) is 11.4 Å². The third kappa shape index (κ3) is 6.49. The molecule has 0 spiro atoms. The maximum atomic E-state index is 13.3. The monoisotopic (exact) mass is 714 g/mol. The summed E-state index contributed by atoms with van der Waals surface area (Å²) in [7, 11) is 1.61. The summed E-state index contributed by atoms with van der Waals surface area (Å²) in [6, 6.07) is 18.3. The normalized spacial score (nSPS) is 11.9. The van der Waals surface area contributed by atoms with Gasteiger partial charge in [0.05, 0.1) is 61.8 Å². The lowest BCUT2D eigenvalue weighted by atomic mass is 10.1. The number of hydrogen-bond acceptors (Lipinski definition) is 10. The Bertz CT molecular complexity index is 2650. The van der Waals surface area contributed by atoms with Gasteiger partial charge in [-0.25, -0.2) is 9.97 Å². The molecule has 0 saturated heterocycles. The highest BCUT2D eigenvalue weighted by molar-refractivity contribution is 6.08. The van der Waals surface area contributed by atoms with Crippen molar-refractivity contribution in [3.05, 3.63) is 93.8 Å². The van der Waals surface area contributed by atoms with E-state index in [1.54, 1.807) is 38.0 Å². The highest BCUT2D eigenvalue weighted by Gasteiger charge is 2.18. The number of phenols is 1. The summed E-state index contributed by atoms with van der Waals surface area (Å²) in [5, 5.41) is 19.1. The first kappa shape index (κ1) is 35.7. The third-order valence-corrected chi connectivity index (χ3v) is 10.3. The number of ether oxygens (including phenoxy) is 1. The van der Waals surface area contributed by atoms with Gasteiger partial charge in [-0.1, -0.05) is 27.7 Å². The van der Waals surface area contributed by atoms with Gasteiger partial charge in [0.25, 0.3) is 0 Å². The number of phenolic OH excluding ortho intramolecular Hbond substituents is 1. The number of aromatic hydroxyl groups is 1. The number of fused-ring (bicyclic) bond motifs is 4. The van der Waals surface area contributed by atoms with Gasteiger partial charge in [-0.05, 0) is 86.8 Å². The van der Waals surface area contributed by atoms with Crippen molar-refractivity contribution in [3.63, 3.8) is 0 Å². The fraction of sp³-hybridized carbons (Fsp3) is 0.317. The summed E-state index contributed by atoms with van der Waals surface area (Å²) in [4.78, 5) is 40.1. The van der Waals surface area contributed by atoms with Crippen LogP contribution in [0.5, 0.6) is 11.5 Å². The van der Waals surface area contributed by atoms with E-state index in [1.807, 2.05) is 45.2 Å². The Balaban J connectivity index is 0.000000164. The standard InChI is InChI=1S/C21H24N4O2.C20H22N4O2/c1-4-24(5-2)11-10-22-16-7-8-17-20-19(16)21(26)15-12-14(27-3)6-9-18(15)25(20)13-23-17;1-3-23(4-2)10-9-21-15-6-7-16-19-18(15)20(26)14-11-13(25)5-8-17(14)24(19)12-22-16/h6-9,12-13,22H,4-5,10-11H2,1-3H3;5-8,11-12,21,25H,3-4,9-10H2,1-2H3. The molecule has 0 atom stereocenters. The first-order valence-electron chi connectivity index (χ1n) is 18.3. The maximum Gasteiger partial charge on any atom is 0.199 e. The number of anilines is 2. The summed E-state index contributed by atoms with van der Waals surface area (Å²) in [6.07, 6.45) is 3.52. The van der Waals surface area contributed by atoms with Crippen LogP contribution >= 0.6 is 0 Å². The van der Waals surface area contributed by atoms with Gasteiger partial charge in [-0.3, -0.25) is 18.4 Å². The molecule has 0 aliphatic heterocycles. The molecule has 12 heteroatoms. The molecular weight excluding hydrogens is 669 g/mol. The molecular formula is C41H46N8O4. The van der Waals surface area contributed by atoms with Crippen LogP contribution in [0.2, 0.25) is 0 Å². The van der Waals surface area contributed by atoms with Crippen LogP contribution in [0.25, 0.3) is 54.6 Å². The summed E-state index contributed by atoms with van der Waals surface area (Å²) >= 11 is 0. The predicted octanol–water partition coefficient (Wildman–Crippen LogP) is 6.10. The Morgan fingerprint density at radius 2 is 1.13 bits per heavy atom. The van der Waals surface area contributed by atoms with Gasteiger partial charge in [-0.2, -0.15) is 0 Å². The van der Waals surface area contributed by atoms with Gasteiger partial charge in [0.1, 0.15) is 24.2 Å². The molecule has 0 fully saturated rings. The number of imidazole rings is 2. The number of likely N-dealkylation sites (N-methyl/N-ethyl adjacent to an activating group) is 2. The molecule has 274 valence electrons. The van der Waals surface area contributed by atoms with Crippen molar-refractivity contribution < 1.29 is 9.84 Å². The second kappa shape index (κ2) is 15.1. The van der Waals surface area contributed by atoms with Gasteiger partial charge >= 0.3 is 0 Å². The zero-order chi connectivity index (χ0) is 37.2. The number of nitrogens with zero attached hydrogens (tertiary/aromatic N) is 6. The Labute approximate surface area is 306 Å². The molecule has 0 amide bonds. The van der Waals surface area contributed by atoms with E-state index in [-0.39, 0.29) is 16.6 Å². The highest BCUT2D eigenvalue weighted by atomic mass is 16.5. The lowest BCUT2D eigenvalue weighted by molar-refractivity contribution is 0.316. The lowest BCUT2D eigenvalue weighted by Crippen LogP contribution is -2.28. The van der Waals surface area contributed by atoms with Gasteiger partial charge in [0.2, 0.25) is 0 Å². The van der Waals surface area contributed by atoms with E-state index in [0.29, 0.717) is 27.3 Å². The van der Waals surface area contributed by atoms with Crippen LogP contribution in [-0.4, -0.2) is 93.1 Å².